The maximum Gasteiger partial charge on any atom is 0.314 e. The average Bonchev–Trinajstić information content (AvgIpc) is 2.36. The molecule has 1 aromatic carbocycles. The van der Waals surface area contributed by atoms with Crippen molar-refractivity contribution < 1.29 is 14.6 Å². The Kier molecular flexibility index (Phi) is 5.16. The normalized spacial score (nSPS) is 14.2. The molecule has 0 radical (unpaired) electrons. The van der Waals surface area contributed by atoms with E-state index in [2.05, 4.69) is 0 Å². The molecule has 0 fully saturated rings. The topological polar surface area (TPSA) is 46.5 Å². The van der Waals surface area contributed by atoms with Crippen LogP contribution in [-0.4, -0.2) is 24.3 Å². The molecule has 3 heteroatoms. The standard InChI is InChI=1S/C14H20O3/c1-3-14(13(15)16,10-11-17-4-2)12-8-6-5-7-9-12/h5-9H,3-4,10-11H2,1-2H3,(H,15,16). The molecular weight excluding hydrogens is 216 g/mol. The van der Waals surface area contributed by atoms with Crippen LogP contribution in [0.4, 0.5) is 0 Å². The molecule has 0 aliphatic heterocycles. The number of hydrogen-bond acceptors (Lipinski definition) is 2. The van der Waals surface area contributed by atoms with E-state index in [4.69, 9.17) is 4.74 Å². The van der Waals surface area contributed by atoms with Crippen molar-refractivity contribution in [3.05, 3.63) is 35.9 Å². The highest BCUT2D eigenvalue weighted by molar-refractivity contribution is 5.81. The summed E-state index contributed by atoms with van der Waals surface area (Å²) in [7, 11) is 0. The van der Waals surface area contributed by atoms with Gasteiger partial charge >= 0.3 is 5.97 Å². The highest BCUT2D eigenvalue weighted by Gasteiger charge is 2.38. The molecule has 0 aromatic heterocycles. The molecular formula is C14H20O3. The summed E-state index contributed by atoms with van der Waals surface area (Å²) >= 11 is 0. The lowest BCUT2D eigenvalue weighted by Crippen LogP contribution is -2.36. The number of carboxylic acid groups (broad SMARTS) is 1. The second-order valence-electron chi connectivity index (χ2n) is 4.05. The molecule has 0 heterocycles. The third-order valence-electron chi connectivity index (χ3n) is 3.22. The molecule has 1 unspecified atom stereocenters. The second kappa shape index (κ2) is 6.40. The lowest BCUT2D eigenvalue weighted by atomic mass is 9.75. The van der Waals surface area contributed by atoms with Gasteiger partial charge in [-0.1, -0.05) is 37.3 Å². The van der Waals surface area contributed by atoms with Crippen molar-refractivity contribution in [1.82, 2.24) is 0 Å². The minimum Gasteiger partial charge on any atom is -0.481 e. The first-order valence-corrected chi connectivity index (χ1v) is 6.04. The Morgan fingerprint density at radius 3 is 2.41 bits per heavy atom. The van der Waals surface area contributed by atoms with Crippen molar-refractivity contribution in [2.24, 2.45) is 0 Å². The van der Waals surface area contributed by atoms with E-state index in [0.717, 1.165) is 5.56 Å². The summed E-state index contributed by atoms with van der Waals surface area (Å²) in [5, 5.41) is 9.52. The van der Waals surface area contributed by atoms with Gasteiger partial charge in [0.25, 0.3) is 0 Å². The number of ether oxygens (including phenoxy) is 1. The summed E-state index contributed by atoms with van der Waals surface area (Å²) in [6, 6.07) is 9.41. The van der Waals surface area contributed by atoms with Crippen LogP contribution in [0.15, 0.2) is 30.3 Å². The van der Waals surface area contributed by atoms with Gasteiger partial charge in [0.1, 0.15) is 0 Å². The van der Waals surface area contributed by atoms with Crippen LogP contribution in [0.2, 0.25) is 0 Å². The molecule has 3 nitrogen and oxygen atoms in total. The minimum atomic E-state index is -0.823. The summed E-state index contributed by atoms with van der Waals surface area (Å²) in [5.41, 5.74) is 0.0332. The van der Waals surface area contributed by atoms with Gasteiger partial charge < -0.3 is 9.84 Å². The van der Waals surface area contributed by atoms with Crippen molar-refractivity contribution in [3.63, 3.8) is 0 Å². The molecule has 94 valence electrons. The van der Waals surface area contributed by atoms with Crippen LogP contribution in [0, 0.1) is 0 Å². The second-order valence-corrected chi connectivity index (χ2v) is 4.05. The Labute approximate surface area is 102 Å². The van der Waals surface area contributed by atoms with E-state index >= 15 is 0 Å². The molecule has 1 aromatic rings. The molecule has 0 bridgehead atoms. The van der Waals surface area contributed by atoms with Gasteiger partial charge in [-0.3, -0.25) is 4.79 Å². The lowest BCUT2D eigenvalue weighted by molar-refractivity contribution is -0.145. The van der Waals surface area contributed by atoms with Gasteiger partial charge in [-0.05, 0) is 25.3 Å². The zero-order valence-electron chi connectivity index (χ0n) is 10.5. The Balaban J connectivity index is 2.97. The van der Waals surface area contributed by atoms with Crippen molar-refractivity contribution >= 4 is 5.97 Å². The molecule has 0 aliphatic rings. The fraction of sp³-hybridized carbons (Fsp3) is 0.500. The van der Waals surface area contributed by atoms with Crippen LogP contribution >= 0.6 is 0 Å². The molecule has 1 N–H and O–H groups in total. The van der Waals surface area contributed by atoms with E-state index in [0.29, 0.717) is 26.1 Å². The molecule has 0 amide bonds. The van der Waals surface area contributed by atoms with E-state index in [-0.39, 0.29) is 0 Å². The largest absolute Gasteiger partial charge is 0.481 e. The summed E-state index contributed by atoms with van der Waals surface area (Å²) in [6.07, 6.45) is 1.08. The summed E-state index contributed by atoms with van der Waals surface area (Å²) < 4.78 is 5.30. The first kappa shape index (κ1) is 13.7. The molecule has 17 heavy (non-hydrogen) atoms. The van der Waals surface area contributed by atoms with Crippen molar-refractivity contribution in [3.8, 4) is 0 Å². The Morgan fingerprint density at radius 2 is 1.94 bits per heavy atom. The zero-order chi connectivity index (χ0) is 12.7. The number of hydrogen-bond donors (Lipinski definition) is 1. The van der Waals surface area contributed by atoms with Crippen LogP contribution in [0.5, 0.6) is 0 Å². The fourth-order valence-electron chi connectivity index (χ4n) is 2.05. The molecule has 1 rings (SSSR count). The lowest BCUT2D eigenvalue weighted by Gasteiger charge is -2.28. The van der Waals surface area contributed by atoms with Gasteiger partial charge in [0, 0.05) is 13.2 Å². The van der Waals surface area contributed by atoms with E-state index in [1.165, 1.54) is 0 Å². The first-order chi connectivity index (χ1) is 8.17. The minimum absolute atomic E-state index is 0.478. The number of benzene rings is 1. The van der Waals surface area contributed by atoms with E-state index in [1.54, 1.807) is 0 Å². The molecule has 0 spiro atoms. The average molecular weight is 236 g/mol. The number of carboxylic acids is 1. The van der Waals surface area contributed by atoms with Gasteiger partial charge in [-0.15, -0.1) is 0 Å². The summed E-state index contributed by atoms with van der Waals surface area (Å²) in [4.78, 5) is 11.6. The SMILES string of the molecule is CCOCCC(CC)(C(=O)O)c1ccccc1. The van der Waals surface area contributed by atoms with Crippen LogP contribution in [0.1, 0.15) is 32.3 Å². The van der Waals surface area contributed by atoms with Gasteiger partial charge in [0.2, 0.25) is 0 Å². The van der Waals surface area contributed by atoms with Crippen molar-refractivity contribution in [2.45, 2.75) is 32.1 Å². The first-order valence-electron chi connectivity index (χ1n) is 6.04. The highest BCUT2D eigenvalue weighted by atomic mass is 16.5. The van der Waals surface area contributed by atoms with Crippen LogP contribution in [0.25, 0.3) is 0 Å². The van der Waals surface area contributed by atoms with Gasteiger partial charge in [0.05, 0.1) is 5.41 Å². The molecule has 0 saturated carbocycles. The smallest absolute Gasteiger partial charge is 0.314 e. The number of rotatable bonds is 7. The van der Waals surface area contributed by atoms with Crippen LogP contribution in [0.3, 0.4) is 0 Å². The summed E-state index contributed by atoms with van der Waals surface area (Å²) in [6.45, 7) is 4.92. The predicted molar refractivity (Wildman–Crippen MR) is 67.2 cm³/mol. The maximum absolute atomic E-state index is 11.6. The van der Waals surface area contributed by atoms with Gasteiger partial charge in [-0.25, -0.2) is 0 Å². The van der Waals surface area contributed by atoms with Crippen molar-refractivity contribution in [2.75, 3.05) is 13.2 Å². The Hall–Kier alpha value is -1.35. The predicted octanol–water partition coefficient (Wildman–Crippen LogP) is 2.85. The van der Waals surface area contributed by atoms with E-state index < -0.39 is 11.4 Å². The fourth-order valence-corrected chi connectivity index (χ4v) is 2.05. The van der Waals surface area contributed by atoms with Crippen LogP contribution in [-0.2, 0) is 14.9 Å². The van der Waals surface area contributed by atoms with Gasteiger partial charge in [0.15, 0.2) is 0 Å². The Morgan fingerprint density at radius 1 is 1.29 bits per heavy atom. The van der Waals surface area contributed by atoms with E-state index in [1.807, 2.05) is 44.2 Å². The third-order valence-corrected chi connectivity index (χ3v) is 3.22. The molecule has 0 aliphatic carbocycles. The zero-order valence-corrected chi connectivity index (χ0v) is 10.5. The number of carbonyl (C=O) groups is 1. The highest BCUT2D eigenvalue weighted by Crippen LogP contribution is 2.32. The molecule has 1 atom stereocenters. The van der Waals surface area contributed by atoms with Gasteiger partial charge in [-0.2, -0.15) is 0 Å². The van der Waals surface area contributed by atoms with Crippen LogP contribution < -0.4 is 0 Å². The molecule has 0 saturated heterocycles. The number of aliphatic carboxylic acids is 1. The summed E-state index contributed by atoms with van der Waals surface area (Å²) in [5.74, 6) is -0.772. The quantitative estimate of drug-likeness (QED) is 0.740. The van der Waals surface area contributed by atoms with E-state index in [9.17, 15) is 9.90 Å². The maximum atomic E-state index is 11.6. The monoisotopic (exact) mass is 236 g/mol. The van der Waals surface area contributed by atoms with Crippen molar-refractivity contribution in [1.29, 1.82) is 0 Å². The third kappa shape index (κ3) is 3.07. The Bertz CT molecular complexity index is 348.